The van der Waals surface area contributed by atoms with E-state index in [4.69, 9.17) is 10.00 Å². The zero-order valence-corrected chi connectivity index (χ0v) is 12.2. The Labute approximate surface area is 129 Å². The monoisotopic (exact) mass is 292 g/mol. The molecule has 0 aliphatic rings. The van der Waals surface area contributed by atoms with Crippen LogP contribution in [0.3, 0.4) is 0 Å². The van der Waals surface area contributed by atoms with E-state index in [0.29, 0.717) is 5.57 Å². The molecule has 110 valence electrons. The number of hydrogen-bond acceptors (Lipinski definition) is 3. The van der Waals surface area contributed by atoms with Crippen molar-refractivity contribution in [2.75, 3.05) is 11.9 Å². The maximum atomic E-state index is 11.8. The van der Waals surface area contributed by atoms with Crippen molar-refractivity contribution in [3.05, 3.63) is 72.0 Å². The number of carbonyl (C=O) groups excluding carboxylic acids is 1. The van der Waals surface area contributed by atoms with Crippen LogP contribution in [0.2, 0.25) is 0 Å². The minimum Gasteiger partial charge on any atom is -0.490 e. The number of hydrogen-bond donors (Lipinski definition) is 1. The van der Waals surface area contributed by atoms with E-state index in [1.54, 1.807) is 0 Å². The van der Waals surface area contributed by atoms with Gasteiger partial charge in [-0.1, -0.05) is 48.5 Å². The molecule has 1 N–H and O–H groups in total. The number of carbonyl (C=O) groups is 1. The molecule has 1 amide bonds. The van der Waals surface area contributed by atoms with Gasteiger partial charge in [0.2, 0.25) is 0 Å². The predicted octanol–water partition coefficient (Wildman–Crippen LogP) is 3.51. The van der Waals surface area contributed by atoms with Gasteiger partial charge in [-0.3, -0.25) is 4.79 Å². The molecular weight excluding hydrogens is 276 g/mol. The number of aryl methyl sites for hydroxylation is 1. The normalized spacial score (nSPS) is 10.6. The predicted molar refractivity (Wildman–Crippen MR) is 85.8 cm³/mol. The van der Waals surface area contributed by atoms with E-state index in [-0.39, 0.29) is 12.5 Å². The van der Waals surface area contributed by atoms with Crippen LogP contribution in [-0.2, 0) is 9.53 Å². The van der Waals surface area contributed by atoms with Crippen LogP contribution >= 0.6 is 0 Å². The van der Waals surface area contributed by atoms with Crippen molar-refractivity contribution in [1.82, 2.24) is 0 Å². The molecular formula is C18H16N2O2. The standard InChI is InChI=1S/C18H16N2O2/c1-14-7-5-6-10-17(14)20-18(21)13-22-12-16(11-19)15-8-3-2-4-9-15/h2-10,12H,13H2,1H3,(H,20,21)/b16-12+. The van der Waals surface area contributed by atoms with Crippen LogP contribution in [0.5, 0.6) is 0 Å². The molecule has 2 aromatic rings. The molecule has 0 saturated carbocycles. The summed E-state index contributed by atoms with van der Waals surface area (Å²) in [6.45, 7) is 1.77. The first-order valence-electron chi connectivity index (χ1n) is 6.83. The lowest BCUT2D eigenvalue weighted by molar-refractivity contribution is -0.118. The first-order chi connectivity index (χ1) is 10.7. The number of para-hydroxylation sites is 1. The summed E-state index contributed by atoms with van der Waals surface area (Å²) in [5, 5.41) is 11.9. The third-order valence-corrected chi connectivity index (χ3v) is 3.04. The van der Waals surface area contributed by atoms with E-state index in [1.807, 2.05) is 61.5 Å². The largest absolute Gasteiger partial charge is 0.490 e. The van der Waals surface area contributed by atoms with Gasteiger partial charge in [-0.15, -0.1) is 0 Å². The van der Waals surface area contributed by atoms with Gasteiger partial charge in [-0.2, -0.15) is 5.26 Å². The highest BCUT2D eigenvalue weighted by atomic mass is 16.5. The lowest BCUT2D eigenvalue weighted by atomic mass is 10.1. The topological polar surface area (TPSA) is 62.1 Å². The van der Waals surface area contributed by atoms with Gasteiger partial charge >= 0.3 is 0 Å². The summed E-state index contributed by atoms with van der Waals surface area (Å²) in [6.07, 6.45) is 1.31. The number of nitrogens with zero attached hydrogens (tertiary/aromatic N) is 1. The van der Waals surface area contributed by atoms with Crippen LogP contribution in [0.15, 0.2) is 60.9 Å². The van der Waals surface area contributed by atoms with Gasteiger partial charge in [0.15, 0.2) is 6.61 Å². The van der Waals surface area contributed by atoms with Crippen molar-refractivity contribution in [3.8, 4) is 6.07 Å². The van der Waals surface area contributed by atoms with Gasteiger partial charge in [-0.25, -0.2) is 0 Å². The Morgan fingerprint density at radius 2 is 1.86 bits per heavy atom. The molecule has 0 radical (unpaired) electrons. The minimum absolute atomic E-state index is 0.146. The number of rotatable bonds is 5. The van der Waals surface area contributed by atoms with Gasteiger partial charge < -0.3 is 10.1 Å². The first-order valence-corrected chi connectivity index (χ1v) is 6.83. The fraction of sp³-hybridized carbons (Fsp3) is 0.111. The number of nitrogens with one attached hydrogen (secondary N) is 1. The molecule has 0 fully saturated rings. The van der Waals surface area contributed by atoms with Gasteiger partial charge in [0.25, 0.3) is 5.91 Å². The lowest BCUT2D eigenvalue weighted by Crippen LogP contribution is -2.17. The fourth-order valence-electron chi connectivity index (χ4n) is 1.88. The summed E-state index contributed by atoms with van der Waals surface area (Å²) in [4.78, 5) is 11.8. The maximum absolute atomic E-state index is 11.8. The molecule has 0 aromatic heterocycles. The van der Waals surface area contributed by atoms with Gasteiger partial charge in [0.1, 0.15) is 12.3 Å². The van der Waals surface area contributed by atoms with E-state index in [2.05, 4.69) is 11.4 Å². The van der Waals surface area contributed by atoms with Crippen molar-refractivity contribution in [2.45, 2.75) is 6.92 Å². The third-order valence-electron chi connectivity index (χ3n) is 3.04. The highest BCUT2D eigenvalue weighted by Gasteiger charge is 2.05. The molecule has 4 heteroatoms. The van der Waals surface area contributed by atoms with Crippen LogP contribution in [0.4, 0.5) is 5.69 Å². The van der Waals surface area contributed by atoms with Crippen LogP contribution < -0.4 is 5.32 Å². The summed E-state index contributed by atoms with van der Waals surface area (Å²) < 4.78 is 5.22. The highest BCUT2D eigenvalue weighted by Crippen LogP contribution is 2.14. The van der Waals surface area contributed by atoms with Gasteiger partial charge in [0.05, 0.1) is 5.57 Å². The number of nitriles is 1. The number of amides is 1. The summed E-state index contributed by atoms with van der Waals surface area (Å²) in [5.41, 5.74) is 2.87. The minimum atomic E-state index is -0.268. The number of allylic oxidation sites excluding steroid dienone is 1. The molecule has 0 aliphatic carbocycles. The Hall–Kier alpha value is -3.06. The second-order valence-electron chi connectivity index (χ2n) is 4.68. The fourth-order valence-corrected chi connectivity index (χ4v) is 1.88. The second-order valence-corrected chi connectivity index (χ2v) is 4.68. The molecule has 0 aliphatic heterocycles. The number of ether oxygens (including phenoxy) is 1. The van der Waals surface area contributed by atoms with Crippen molar-refractivity contribution in [3.63, 3.8) is 0 Å². The van der Waals surface area contributed by atoms with E-state index < -0.39 is 0 Å². The van der Waals surface area contributed by atoms with E-state index in [0.717, 1.165) is 16.8 Å². The quantitative estimate of drug-likeness (QED) is 0.677. The van der Waals surface area contributed by atoms with Crippen LogP contribution in [0.1, 0.15) is 11.1 Å². The van der Waals surface area contributed by atoms with Crippen molar-refractivity contribution >= 4 is 17.2 Å². The second kappa shape index (κ2) is 7.65. The van der Waals surface area contributed by atoms with Crippen molar-refractivity contribution < 1.29 is 9.53 Å². The van der Waals surface area contributed by atoms with Crippen molar-refractivity contribution in [2.24, 2.45) is 0 Å². The molecule has 2 rings (SSSR count). The average Bonchev–Trinajstić information content (AvgIpc) is 2.54. The Bertz CT molecular complexity index is 715. The van der Waals surface area contributed by atoms with Crippen LogP contribution in [-0.4, -0.2) is 12.5 Å². The molecule has 0 saturated heterocycles. The molecule has 2 aromatic carbocycles. The Kier molecular flexibility index (Phi) is 5.33. The summed E-state index contributed by atoms with van der Waals surface area (Å²) in [7, 11) is 0. The Morgan fingerprint density at radius 3 is 2.55 bits per heavy atom. The zero-order chi connectivity index (χ0) is 15.8. The van der Waals surface area contributed by atoms with Gasteiger partial charge in [-0.05, 0) is 24.1 Å². The summed E-state index contributed by atoms with van der Waals surface area (Å²) in [6, 6.07) is 18.7. The molecule has 0 unspecified atom stereocenters. The molecule has 4 nitrogen and oxygen atoms in total. The number of anilines is 1. The number of benzene rings is 2. The highest BCUT2D eigenvalue weighted by molar-refractivity contribution is 5.92. The van der Waals surface area contributed by atoms with Crippen LogP contribution in [0, 0.1) is 18.3 Å². The Morgan fingerprint density at radius 1 is 1.18 bits per heavy atom. The Balaban J connectivity index is 1.93. The average molecular weight is 292 g/mol. The SMILES string of the molecule is Cc1ccccc1NC(=O)CO/C=C(\C#N)c1ccccc1. The smallest absolute Gasteiger partial charge is 0.262 e. The van der Waals surface area contributed by atoms with Crippen molar-refractivity contribution in [1.29, 1.82) is 5.26 Å². The third kappa shape index (κ3) is 4.22. The van der Waals surface area contributed by atoms with Crippen LogP contribution in [0.25, 0.3) is 5.57 Å². The first kappa shape index (κ1) is 15.3. The summed E-state index contributed by atoms with van der Waals surface area (Å²) >= 11 is 0. The molecule has 0 spiro atoms. The molecule has 22 heavy (non-hydrogen) atoms. The van der Waals surface area contributed by atoms with E-state index in [9.17, 15) is 4.79 Å². The summed E-state index contributed by atoms with van der Waals surface area (Å²) in [5.74, 6) is -0.268. The molecule has 0 bridgehead atoms. The molecule has 0 heterocycles. The molecule has 0 atom stereocenters. The maximum Gasteiger partial charge on any atom is 0.262 e. The van der Waals surface area contributed by atoms with Gasteiger partial charge in [0, 0.05) is 5.69 Å². The van der Waals surface area contributed by atoms with E-state index >= 15 is 0 Å². The zero-order valence-electron chi connectivity index (χ0n) is 12.2. The lowest BCUT2D eigenvalue weighted by Gasteiger charge is -2.08. The van der Waals surface area contributed by atoms with E-state index in [1.165, 1.54) is 6.26 Å².